The molecule has 0 saturated carbocycles. The first-order chi connectivity index (χ1) is 10.0. The first kappa shape index (κ1) is 13.8. The summed E-state index contributed by atoms with van der Waals surface area (Å²) in [6.07, 6.45) is 0.706. The summed E-state index contributed by atoms with van der Waals surface area (Å²) in [6.45, 7) is 1.94. The molecule has 3 heteroatoms. The third kappa shape index (κ3) is 2.23. The van der Waals surface area contributed by atoms with E-state index >= 15 is 4.39 Å². The number of alkyl halides is 1. The van der Waals surface area contributed by atoms with E-state index in [1.807, 2.05) is 25.1 Å². The van der Waals surface area contributed by atoms with Gasteiger partial charge in [-0.05, 0) is 49.1 Å². The number of fused-ring (bicyclic) bond motifs is 1. The van der Waals surface area contributed by atoms with Crippen molar-refractivity contribution in [3.05, 3.63) is 64.7 Å². The highest BCUT2D eigenvalue weighted by Crippen LogP contribution is 2.40. The number of benzene rings is 2. The predicted octanol–water partition coefficient (Wildman–Crippen LogP) is 4.00. The summed E-state index contributed by atoms with van der Waals surface area (Å²) in [5.41, 5.74) is 0.898. The maximum Gasteiger partial charge on any atom is 0.204 e. The van der Waals surface area contributed by atoms with E-state index in [1.165, 1.54) is 0 Å². The molecule has 0 amide bonds. The fraction of sp³-hybridized carbons (Fsp3) is 0.278. The zero-order valence-corrected chi connectivity index (χ0v) is 12.2. The van der Waals surface area contributed by atoms with Gasteiger partial charge in [0.2, 0.25) is 5.78 Å². The minimum absolute atomic E-state index is 0.176. The van der Waals surface area contributed by atoms with Gasteiger partial charge in [0.1, 0.15) is 5.75 Å². The number of ether oxygens (including phenoxy) is 1. The maximum absolute atomic E-state index is 15.3. The van der Waals surface area contributed by atoms with E-state index < -0.39 is 11.5 Å². The second-order valence-electron chi connectivity index (χ2n) is 5.52. The van der Waals surface area contributed by atoms with Crippen molar-refractivity contribution in [3.63, 3.8) is 0 Å². The van der Waals surface area contributed by atoms with Crippen LogP contribution >= 0.6 is 0 Å². The van der Waals surface area contributed by atoms with Crippen molar-refractivity contribution in [3.8, 4) is 5.75 Å². The van der Waals surface area contributed by atoms with Crippen molar-refractivity contribution in [1.82, 2.24) is 0 Å². The van der Waals surface area contributed by atoms with Gasteiger partial charge < -0.3 is 4.74 Å². The molecule has 0 aliphatic heterocycles. The molecule has 0 heterocycles. The van der Waals surface area contributed by atoms with Gasteiger partial charge >= 0.3 is 0 Å². The molecule has 1 aliphatic rings. The predicted molar refractivity (Wildman–Crippen MR) is 79.6 cm³/mol. The standard InChI is InChI=1S/C18H17FO2/c1-12-3-5-14(6-4-12)18(19)10-9-13-11-15(21-2)7-8-16(13)17(18)20/h3-8,11H,9-10H2,1-2H3. The minimum Gasteiger partial charge on any atom is -0.497 e. The Hall–Kier alpha value is -2.16. The van der Waals surface area contributed by atoms with Crippen LogP contribution in [0.3, 0.4) is 0 Å². The summed E-state index contributed by atoms with van der Waals surface area (Å²) in [7, 11) is 1.58. The van der Waals surface area contributed by atoms with E-state index in [2.05, 4.69) is 0 Å². The van der Waals surface area contributed by atoms with E-state index in [0.29, 0.717) is 23.3 Å². The topological polar surface area (TPSA) is 26.3 Å². The maximum atomic E-state index is 15.3. The largest absolute Gasteiger partial charge is 0.497 e. The molecule has 1 atom stereocenters. The summed E-state index contributed by atoms with van der Waals surface area (Å²) in [5, 5.41) is 0. The number of rotatable bonds is 2. The number of aryl methyl sites for hydroxylation is 2. The second kappa shape index (κ2) is 4.99. The molecule has 108 valence electrons. The molecular formula is C18H17FO2. The lowest BCUT2D eigenvalue weighted by Gasteiger charge is -2.30. The monoisotopic (exact) mass is 284 g/mol. The first-order valence-electron chi connectivity index (χ1n) is 7.02. The lowest BCUT2D eigenvalue weighted by Crippen LogP contribution is -2.36. The van der Waals surface area contributed by atoms with E-state index in [4.69, 9.17) is 4.74 Å². The molecule has 0 bridgehead atoms. The third-order valence-electron chi connectivity index (χ3n) is 4.16. The molecule has 0 aromatic heterocycles. The number of carbonyl (C=O) groups is 1. The van der Waals surface area contributed by atoms with Crippen molar-refractivity contribution in [2.45, 2.75) is 25.4 Å². The number of ketones is 1. The number of hydrogen-bond donors (Lipinski definition) is 0. The minimum atomic E-state index is -1.92. The summed E-state index contributed by atoms with van der Waals surface area (Å²) in [6, 6.07) is 12.3. The van der Waals surface area contributed by atoms with Crippen molar-refractivity contribution in [2.24, 2.45) is 0 Å². The van der Waals surface area contributed by atoms with Gasteiger partial charge in [-0.3, -0.25) is 4.79 Å². The average Bonchev–Trinajstić information content (AvgIpc) is 2.51. The highest BCUT2D eigenvalue weighted by atomic mass is 19.1. The first-order valence-corrected chi connectivity index (χ1v) is 7.02. The molecule has 1 aliphatic carbocycles. The van der Waals surface area contributed by atoms with Crippen LogP contribution in [-0.2, 0) is 12.1 Å². The normalized spacial score (nSPS) is 21.0. The highest BCUT2D eigenvalue weighted by Gasteiger charge is 2.44. The van der Waals surface area contributed by atoms with E-state index in [9.17, 15) is 4.79 Å². The van der Waals surface area contributed by atoms with E-state index in [0.717, 1.165) is 11.1 Å². The molecule has 2 aromatic carbocycles. The van der Waals surface area contributed by atoms with Gasteiger partial charge in [-0.25, -0.2) is 4.39 Å². The molecule has 0 saturated heterocycles. The van der Waals surface area contributed by atoms with Crippen LogP contribution in [-0.4, -0.2) is 12.9 Å². The number of methoxy groups -OCH3 is 1. The number of halogens is 1. The Balaban J connectivity index is 2.03. The van der Waals surface area contributed by atoms with Gasteiger partial charge in [-0.2, -0.15) is 0 Å². The van der Waals surface area contributed by atoms with Crippen molar-refractivity contribution < 1.29 is 13.9 Å². The second-order valence-corrected chi connectivity index (χ2v) is 5.52. The Morgan fingerprint density at radius 2 is 1.86 bits per heavy atom. The Morgan fingerprint density at radius 3 is 2.52 bits per heavy atom. The molecule has 0 spiro atoms. The van der Waals surface area contributed by atoms with Crippen LogP contribution < -0.4 is 4.74 Å². The summed E-state index contributed by atoms with van der Waals surface area (Å²) >= 11 is 0. The van der Waals surface area contributed by atoms with Crippen LogP contribution in [0.5, 0.6) is 5.75 Å². The van der Waals surface area contributed by atoms with Crippen molar-refractivity contribution in [2.75, 3.05) is 7.11 Å². The Morgan fingerprint density at radius 1 is 1.14 bits per heavy atom. The highest BCUT2D eigenvalue weighted by molar-refractivity contribution is 6.05. The molecule has 1 unspecified atom stereocenters. The SMILES string of the molecule is COc1ccc2c(c1)CCC(F)(c1ccc(C)cc1)C2=O. The van der Waals surface area contributed by atoms with Crippen LogP contribution in [0.2, 0.25) is 0 Å². The van der Waals surface area contributed by atoms with Crippen LogP contribution in [0.4, 0.5) is 4.39 Å². The van der Waals surface area contributed by atoms with Crippen LogP contribution in [0.15, 0.2) is 42.5 Å². The fourth-order valence-electron chi connectivity index (χ4n) is 2.85. The Kier molecular flexibility index (Phi) is 3.28. The summed E-state index contributed by atoms with van der Waals surface area (Å²) in [5.74, 6) is 0.249. The number of carbonyl (C=O) groups excluding carboxylic acids is 1. The third-order valence-corrected chi connectivity index (χ3v) is 4.16. The zero-order valence-electron chi connectivity index (χ0n) is 12.2. The molecule has 0 radical (unpaired) electrons. The van der Waals surface area contributed by atoms with Crippen LogP contribution in [0.25, 0.3) is 0 Å². The lowest BCUT2D eigenvalue weighted by atomic mass is 9.76. The quantitative estimate of drug-likeness (QED) is 0.833. The van der Waals surface area contributed by atoms with E-state index in [1.54, 1.807) is 31.4 Å². The molecule has 0 N–H and O–H groups in total. The van der Waals surface area contributed by atoms with Crippen molar-refractivity contribution in [1.29, 1.82) is 0 Å². The molecular weight excluding hydrogens is 267 g/mol. The van der Waals surface area contributed by atoms with Gasteiger partial charge in [-0.15, -0.1) is 0 Å². The fourth-order valence-corrected chi connectivity index (χ4v) is 2.85. The van der Waals surface area contributed by atoms with Gasteiger partial charge in [0.05, 0.1) is 7.11 Å². The molecule has 2 nitrogen and oxygen atoms in total. The molecule has 21 heavy (non-hydrogen) atoms. The molecule has 3 rings (SSSR count). The Labute approximate surface area is 123 Å². The summed E-state index contributed by atoms with van der Waals surface area (Å²) < 4.78 is 20.5. The van der Waals surface area contributed by atoms with Gasteiger partial charge in [-0.1, -0.05) is 29.8 Å². The average molecular weight is 284 g/mol. The van der Waals surface area contributed by atoms with Crippen molar-refractivity contribution >= 4 is 5.78 Å². The smallest absolute Gasteiger partial charge is 0.204 e. The molecule has 2 aromatic rings. The van der Waals surface area contributed by atoms with Gasteiger partial charge in [0.15, 0.2) is 5.67 Å². The lowest BCUT2D eigenvalue weighted by molar-refractivity contribution is 0.0630. The number of Topliss-reactive ketones (excluding diaryl/α,β-unsaturated/α-hetero) is 1. The van der Waals surface area contributed by atoms with Crippen LogP contribution in [0.1, 0.15) is 33.5 Å². The summed E-state index contributed by atoms with van der Waals surface area (Å²) in [4.78, 5) is 12.6. The van der Waals surface area contributed by atoms with Crippen LogP contribution in [0, 0.1) is 6.92 Å². The van der Waals surface area contributed by atoms with Gasteiger partial charge in [0.25, 0.3) is 0 Å². The number of hydrogen-bond acceptors (Lipinski definition) is 2. The van der Waals surface area contributed by atoms with E-state index in [-0.39, 0.29) is 6.42 Å². The molecule has 0 fully saturated rings. The van der Waals surface area contributed by atoms with Gasteiger partial charge in [0, 0.05) is 5.56 Å². The Bertz CT molecular complexity index is 691. The zero-order chi connectivity index (χ0) is 15.0.